The third kappa shape index (κ3) is 4.53. The van der Waals surface area contributed by atoms with Crippen molar-refractivity contribution in [1.29, 1.82) is 0 Å². The minimum absolute atomic E-state index is 0.0813. The van der Waals surface area contributed by atoms with Crippen LogP contribution < -0.4 is 5.43 Å². The molecule has 0 aliphatic rings. The second kappa shape index (κ2) is 8.19. The van der Waals surface area contributed by atoms with Crippen LogP contribution in [-0.2, 0) is 11.3 Å². The first-order valence-electron chi connectivity index (χ1n) is 7.71. The number of tetrazole rings is 1. The van der Waals surface area contributed by atoms with Crippen molar-refractivity contribution >= 4 is 29.7 Å². The van der Waals surface area contributed by atoms with Gasteiger partial charge in [0.2, 0.25) is 5.82 Å². The lowest BCUT2D eigenvalue weighted by atomic mass is 10.1. The van der Waals surface area contributed by atoms with Crippen LogP contribution >= 0.6 is 11.6 Å². The third-order valence-corrected chi connectivity index (χ3v) is 3.77. The molecule has 136 valence electrons. The van der Waals surface area contributed by atoms with Crippen molar-refractivity contribution < 1.29 is 14.7 Å². The highest BCUT2D eigenvalue weighted by Crippen LogP contribution is 2.23. The zero-order valence-electron chi connectivity index (χ0n) is 13.8. The van der Waals surface area contributed by atoms with E-state index in [9.17, 15) is 9.59 Å². The number of halogens is 1. The molecule has 0 fully saturated rings. The van der Waals surface area contributed by atoms with Gasteiger partial charge >= 0.3 is 5.97 Å². The molecule has 3 rings (SSSR count). The summed E-state index contributed by atoms with van der Waals surface area (Å²) >= 11 is 6.08. The zero-order chi connectivity index (χ0) is 19.2. The quantitative estimate of drug-likeness (QED) is 0.494. The standard InChI is InChI=1S/C17H13ClN6O3/c18-14-8-4-3-7-13(14)16-21-23-24(22-16)10-15(25)20-19-9-11-5-1-2-6-12(11)17(26)27/h1-9H,10H2,(H,20,25)(H,26,27). The Morgan fingerprint density at radius 2 is 1.93 bits per heavy atom. The van der Waals surface area contributed by atoms with Crippen LogP contribution in [0.1, 0.15) is 15.9 Å². The normalized spacial score (nSPS) is 10.9. The Hall–Kier alpha value is -3.59. The molecule has 9 nitrogen and oxygen atoms in total. The smallest absolute Gasteiger partial charge is 0.336 e. The monoisotopic (exact) mass is 384 g/mol. The van der Waals surface area contributed by atoms with Crippen molar-refractivity contribution in [3.63, 3.8) is 0 Å². The number of aromatic carboxylic acids is 1. The van der Waals surface area contributed by atoms with Gasteiger partial charge in [0.05, 0.1) is 16.8 Å². The maximum Gasteiger partial charge on any atom is 0.336 e. The van der Waals surface area contributed by atoms with Crippen molar-refractivity contribution in [1.82, 2.24) is 25.6 Å². The summed E-state index contributed by atoms with van der Waals surface area (Å²) in [6.45, 7) is -0.213. The number of carbonyl (C=O) groups excluding carboxylic acids is 1. The molecule has 0 saturated heterocycles. The van der Waals surface area contributed by atoms with Crippen LogP contribution in [0.5, 0.6) is 0 Å². The molecule has 0 spiro atoms. The zero-order valence-corrected chi connectivity index (χ0v) is 14.5. The predicted molar refractivity (Wildman–Crippen MR) is 97.4 cm³/mol. The minimum atomic E-state index is -1.08. The lowest BCUT2D eigenvalue weighted by Crippen LogP contribution is -2.24. The van der Waals surface area contributed by atoms with Gasteiger partial charge in [0.25, 0.3) is 5.91 Å². The van der Waals surface area contributed by atoms with E-state index in [1.165, 1.54) is 12.3 Å². The van der Waals surface area contributed by atoms with Crippen LogP contribution in [0.15, 0.2) is 53.6 Å². The van der Waals surface area contributed by atoms with Crippen LogP contribution in [0.25, 0.3) is 11.4 Å². The Morgan fingerprint density at radius 3 is 2.70 bits per heavy atom. The molecule has 1 amide bonds. The highest BCUT2D eigenvalue weighted by molar-refractivity contribution is 6.33. The van der Waals surface area contributed by atoms with E-state index in [1.54, 1.807) is 42.5 Å². The van der Waals surface area contributed by atoms with Gasteiger partial charge in [-0.3, -0.25) is 4.79 Å². The molecule has 0 unspecified atom stereocenters. The number of carboxylic acids is 1. The molecule has 2 N–H and O–H groups in total. The number of rotatable bonds is 6. The second-order valence-corrected chi connectivity index (χ2v) is 5.72. The van der Waals surface area contributed by atoms with E-state index < -0.39 is 11.9 Å². The summed E-state index contributed by atoms with van der Waals surface area (Å²) in [5.41, 5.74) is 3.34. The Bertz CT molecular complexity index is 1020. The van der Waals surface area contributed by atoms with Crippen LogP contribution in [0, 0.1) is 0 Å². The van der Waals surface area contributed by atoms with Crippen molar-refractivity contribution in [2.45, 2.75) is 6.54 Å². The molecule has 0 atom stereocenters. The van der Waals surface area contributed by atoms with E-state index in [0.717, 1.165) is 4.80 Å². The molecular formula is C17H13ClN6O3. The number of carbonyl (C=O) groups is 2. The predicted octanol–water partition coefficient (Wildman–Crippen LogP) is 1.84. The SMILES string of the molecule is O=C(Cn1nnc(-c2ccccc2Cl)n1)NN=Cc1ccccc1C(=O)O. The van der Waals surface area contributed by atoms with Gasteiger partial charge < -0.3 is 5.11 Å². The summed E-state index contributed by atoms with van der Waals surface area (Å²) in [6, 6.07) is 13.3. The molecule has 0 saturated carbocycles. The van der Waals surface area contributed by atoms with Crippen LogP contribution in [-0.4, -0.2) is 43.4 Å². The minimum Gasteiger partial charge on any atom is -0.478 e. The first kappa shape index (κ1) is 18.2. The van der Waals surface area contributed by atoms with Crippen molar-refractivity contribution in [3.05, 3.63) is 64.7 Å². The average Bonchev–Trinajstić information content (AvgIpc) is 3.10. The number of hydrogen-bond acceptors (Lipinski definition) is 6. The van der Waals surface area contributed by atoms with Gasteiger partial charge in [-0.2, -0.15) is 9.90 Å². The molecule has 27 heavy (non-hydrogen) atoms. The highest BCUT2D eigenvalue weighted by Gasteiger charge is 2.11. The molecule has 1 aromatic heterocycles. The fourth-order valence-corrected chi connectivity index (χ4v) is 2.42. The number of benzene rings is 2. The van der Waals surface area contributed by atoms with E-state index in [2.05, 4.69) is 25.9 Å². The van der Waals surface area contributed by atoms with E-state index in [1.807, 2.05) is 0 Å². The largest absolute Gasteiger partial charge is 0.478 e. The number of nitrogens with one attached hydrogen (secondary N) is 1. The summed E-state index contributed by atoms with van der Waals surface area (Å²) in [6.07, 6.45) is 1.26. The van der Waals surface area contributed by atoms with E-state index in [4.69, 9.17) is 16.7 Å². The summed E-state index contributed by atoms with van der Waals surface area (Å²) in [5.74, 6) is -1.28. The fraction of sp³-hybridized carbons (Fsp3) is 0.0588. The number of aromatic nitrogens is 4. The van der Waals surface area contributed by atoms with Crippen molar-refractivity contribution in [2.75, 3.05) is 0 Å². The molecule has 10 heteroatoms. The fourth-order valence-electron chi connectivity index (χ4n) is 2.20. The first-order chi connectivity index (χ1) is 13.0. The Labute approximate surface area is 158 Å². The number of hydrazone groups is 1. The maximum absolute atomic E-state index is 11.9. The first-order valence-corrected chi connectivity index (χ1v) is 8.09. The van der Waals surface area contributed by atoms with Gasteiger partial charge in [0.1, 0.15) is 6.54 Å². The maximum atomic E-state index is 11.9. The Morgan fingerprint density at radius 1 is 1.19 bits per heavy atom. The van der Waals surface area contributed by atoms with E-state index in [0.29, 0.717) is 22.0 Å². The molecule has 0 aliphatic carbocycles. The Kier molecular flexibility index (Phi) is 5.53. The summed E-state index contributed by atoms with van der Waals surface area (Å²) in [4.78, 5) is 24.2. The van der Waals surface area contributed by atoms with E-state index in [-0.39, 0.29) is 12.1 Å². The number of hydrogen-bond donors (Lipinski definition) is 2. The van der Waals surface area contributed by atoms with E-state index >= 15 is 0 Å². The highest BCUT2D eigenvalue weighted by atomic mass is 35.5. The lowest BCUT2D eigenvalue weighted by Gasteiger charge is -2.01. The molecule has 2 aromatic carbocycles. The number of carboxylic acid groups (broad SMARTS) is 1. The van der Waals surface area contributed by atoms with Crippen LogP contribution in [0.3, 0.4) is 0 Å². The summed E-state index contributed by atoms with van der Waals surface area (Å²) in [7, 11) is 0. The van der Waals surface area contributed by atoms with Gasteiger partial charge in [0, 0.05) is 11.1 Å². The second-order valence-electron chi connectivity index (χ2n) is 5.31. The van der Waals surface area contributed by atoms with Gasteiger partial charge in [0.15, 0.2) is 0 Å². The number of amides is 1. The molecule has 1 heterocycles. The topological polar surface area (TPSA) is 122 Å². The Balaban J connectivity index is 1.62. The van der Waals surface area contributed by atoms with Gasteiger partial charge in [-0.05, 0) is 23.4 Å². The molecule has 3 aromatic rings. The third-order valence-electron chi connectivity index (χ3n) is 3.44. The van der Waals surface area contributed by atoms with Gasteiger partial charge in [-0.1, -0.05) is 41.9 Å². The number of nitrogens with zero attached hydrogens (tertiary/aromatic N) is 5. The molecule has 0 aliphatic heterocycles. The van der Waals surface area contributed by atoms with Crippen molar-refractivity contribution in [2.24, 2.45) is 5.10 Å². The summed E-state index contributed by atoms with van der Waals surface area (Å²) in [5, 5.41) is 25.1. The van der Waals surface area contributed by atoms with Crippen LogP contribution in [0.4, 0.5) is 0 Å². The lowest BCUT2D eigenvalue weighted by molar-refractivity contribution is -0.122. The van der Waals surface area contributed by atoms with Gasteiger partial charge in [-0.25, -0.2) is 10.2 Å². The molecule has 0 bridgehead atoms. The summed E-state index contributed by atoms with van der Waals surface area (Å²) < 4.78 is 0. The van der Waals surface area contributed by atoms with Gasteiger partial charge in [-0.15, -0.1) is 10.2 Å². The van der Waals surface area contributed by atoms with Crippen LogP contribution in [0.2, 0.25) is 5.02 Å². The van der Waals surface area contributed by atoms with Crippen molar-refractivity contribution in [3.8, 4) is 11.4 Å². The molecule has 0 radical (unpaired) electrons. The molecular weight excluding hydrogens is 372 g/mol. The average molecular weight is 385 g/mol.